The van der Waals surface area contributed by atoms with Crippen molar-refractivity contribution in [2.24, 2.45) is 14.1 Å². The molecule has 0 bridgehead atoms. The Bertz CT molecular complexity index is 882. The summed E-state index contributed by atoms with van der Waals surface area (Å²) in [5.41, 5.74) is 0.461. The lowest BCUT2D eigenvalue weighted by molar-refractivity contribution is -0.120. The number of nitrogens with zero attached hydrogens (tertiary/aromatic N) is 3. The van der Waals surface area contributed by atoms with Crippen molar-refractivity contribution in [2.45, 2.75) is 26.7 Å². The number of rotatable bonds is 6. The number of hydrogen-bond donors (Lipinski definition) is 1. The molecule has 0 aliphatic heterocycles. The molecule has 0 atom stereocenters. The summed E-state index contributed by atoms with van der Waals surface area (Å²) in [6.07, 6.45) is 3.08. The first-order valence-corrected chi connectivity index (χ1v) is 7.87. The predicted octanol–water partition coefficient (Wildman–Crippen LogP) is 0.560. The topological polar surface area (TPSA) is 95.2 Å². The average Bonchev–Trinajstić information content (AvgIpc) is 2.57. The molecule has 8 heteroatoms. The normalized spacial score (nSPS) is 11.0. The Morgan fingerprint density at radius 3 is 2.58 bits per heavy atom. The molecule has 0 aliphatic rings. The molecule has 24 heavy (non-hydrogen) atoms. The van der Waals surface area contributed by atoms with Crippen LogP contribution in [-0.2, 0) is 30.0 Å². The van der Waals surface area contributed by atoms with Crippen molar-refractivity contribution in [3.63, 3.8) is 0 Å². The molecule has 0 saturated carbocycles. The molecule has 0 unspecified atom stereocenters. The van der Waals surface area contributed by atoms with Crippen LogP contribution in [-0.4, -0.2) is 33.2 Å². The van der Waals surface area contributed by atoms with E-state index in [1.54, 1.807) is 20.2 Å². The van der Waals surface area contributed by atoms with Gasteiger partial charge in [0.05, 0.1) is 5.69 Å². The van der Waals surface area contributed by atoms with E-state index in [0.717, 1.165) is 16.6 Å². The van der Waals surface area contributed by atoms with Gasteiger partial charge in [0.15, 0.2) is 5.65 Å². The van der Waals surface area contributed by atoms with Crippen molar-refractivity contribution in [2.75, 3.05) is 18.5 Å². The third kappa shape index (κ3) is 3.23. The van der Waals surface area contributed by atoms with E-state index < -0.39 is 11.2 Å². The van der Waals surface area contributed by atoms with Crippen LogP contribution in [0.2, 0.25) is 0 Å². The van der Waals surface area contributed by atoms with Gasteiger partial charge in [0, 0.05) is 26.9 Å². The highest BCUT2D eigenvalue weighted by atomic mass is 16.5. The predicted molar refractivity (Wildman–Crippen MR) is 91.3 cm³/mol. The van der Waals surface area contributed by atoms with Crippen LogP contribution in [0.5, 0.6) is 0 Å². The number of carbonyl (C=O) groups excluding carboxylic acids is 1. The Morgan fingerprint density at radius 1 is 1.25 bits per heavy atom. The van der Waals surface area contributed by atoms with E-state index >= 15 is 0 Å². The minimum Gasteiger partial charge on any atom is -0.372 e. The molecule has 2 aromatic rings. The first-order chi connectivity index (χ1) is 11.4. The van der Waals surface area contributed by atoms with Gasteiger partial charge in [0.2, 0.25) is 5.91 Å². The summed E-state index contributed by atoms with van der Waals surface area (Å²) in [7, 11) is 2.95. The molecule has 0 radical (unpaired) electrons. The van der Waals surface area contributed by atoms with Gasteiger partial charge in [-0.2, -0.15) is 0 Å². The van der Waals surface area contributed by atoms with Crippen LogP contribution >= 0.6 is 0 Å². The van der Waals surface area contributed by atoms with Gasteiger partial charge in [-0.25, -0.2) is 9.78 Å². The van der Waals surface area contributed by atoms with Crippen LogP contribution in [0, 0.1) is 0 Å². The number of ether oxygens (including phenoxy) is 1. The Kier molecular flexibility index (Phi) is 5.50. The molecule has 0 saturated heterocycles. The van der Waals surface area contributed by atoms with Gasteiger partial charge in [0.25, 0.3) is 5.56 Å². The maximum absolute atomic E-state index is 12.6. The van der Waals surface area contributed by atoms with E-state index in [1.807, 2.05) is 6.92 Å². The molecule has 0 aliphatic carbocycles. The van der Waals surface area contributed by atoms with Crippen LogP contribution in [0.3, 0.4) is 0 Å². The summed E-state index contributed by atoms with van der Waals surface area (Å²) in [5, 5.41) is 2.99. The fourth-order valence-electron chi connectivity index (χ4n) is 2.54. The number of carbonyl (C=O) groups is 1. The first kappa shape index (κ1) is 17.9. The van der Waals surface area contributed by atoms with Crippen molar-refractivity contribution in [3.8, 4) is 0 Å². The Balaban J connectivity index is 2.72. The molecular weight excluding hydrogens is 312 g/mol. The van der Waals surface area contributed by atoms with Gasteiger partial charge in [0.1, 0.15) is 12.0 Å². The summed E-state index contributed by atoms with van der Waals surface area (Å²) >= 11 is 0. The largest absolute Gasteiger partial charge is 0.372 e. The fourth-order valence-corrected chi connectivity index (χ4v) is 2.54. The quantitative estimate of drug-likeness (QED) is 0.833. The van der Waals surface area contributed by atoms with Gasteiger partial charge in [-0.3, -0.25) is 18.7 Å². The Hall–Kier alpha value is -2.48. The van der Waals surface area contributed by atoms with Gasteiger partial charge < -0.3 is 10.1 Å². The van der Waals surface area contributed by atoms with Crippen LogP contribution in [0.25, 0.3) is 11.0 Å². The zero-order valence-corrected chi connectivity index (χ0v) is 14.4. The maximum Gasteiger partial charge on any atom is 0.332 e. The molecule has 130 valence electrons. The minimum absolute atomic E-state index is 0.0992. The number of aryl methyl sites for hydroxylation is 2. The monoisotopic (exact) mass is 334 g/mol. The lowest BCUT2D eigenvalue weighted by atomic mass is 10.1. The van der Waals surface area contributed by atoms with Crippen LogP contribution < -0.4 is 16.6 Å². The number of amides is 1. The van der Waals surface area contributed by atoms with E-state index in [-0.39, 0.29) is 23.5 Å². The van der Waals surface area contributed by atoms with E-state index in [9.17, 15) is 14.4 Å². The highest BCUT2D eigenvalue weighted by Gasteiger charge is 2.18. The van der Waals surface area contributed by atoms with Crippen molar-refractivity contribution in [3.05, 3.63) is 32.6 Å². The summed E-state index contributed by atoms with van der Waals surface area (Å²) in [5.74, 6) is -0.349. The Morgan fingerprint density at radius 2 is 1.96 bits per heavy atom. The minimum atomic E-state index is -0.481. The molecule has 1 amide bonds. The number of fused-ring (bicyclic) bond motifs is 1. The summed E-state index contributed by atoms with van der Waals surface area (Å²) < 4.78 is 7.42. The van der Waals surface area contributed by atoms with E-state index in [0.29, 0.717) is 18.7 Å². The molecule has 0 fully saturated rings. The fraction of sp³-hybridized carbons (Fsp3) is 0.500. The second-order valence-electron chi connectivity index (χ2n) is 5.50. The number of hydrogen-bond acceptors (Lipinski definition) is 5. The molecule has 2 heterocycles. The van der Waals surface area contributed by atoms with Crippen molar-refractivity contribution < 1.29 is 9.53 Å². The van der Waals surface area contributed by atoms with E-state index in [1.165, 1.54) is 11.6 Å². The van der Waals surface area contributed by atoms with Gasteiger partial charge in [-0.15, -0.1) is 0 Å². The molecule has 0 aromatic carbocycles. The standard InChI is InChI=1S/C16H22N4O4/c1-5-7-10-8-17-14-12(13(10)18-11(21)9-24-6-2)15(22)20(4)16(23)19(14)3/h8H,5-7,9H2,1-4H3,(H,17,18,21). The Labute approximate surface area is 139 Å². The average molecular weight is 334 g/mol. The SMILES string of the molecule is CCCc1cnc2c(c1NC(=O)COCC)c(=O)n(C)c(=O)n2C. The number of aromatic nitrogens is 3. The third-order valence-electron chi connectivity index (χ3n) is 3.77. The lowest BCUT2D eigenvalue weighted by Gasteiger charge is -2.15. The van der Waals surface area contributed by atoms with Gasteiger partial charge in [-0.05, 0) is 18.9 Å². The van der Waals surface area contributed by atoms with Crippen LogP contribution in [0.1, 0.15) is 25.8 Å². The molecular formula is C16H22N4O4. The van der Waals surface area contributed by atoms with Crippen molar-refractivity contribution in [1.82, 2.24) is 14.1 Å². The van der Waals surface area contributed by atoms with Gasteiger partial charge in [-0.1, -0.05) is 13.3 Å². The molecule has 2 rings (SSSR count). The smallest absolute Gasteiger partial charge is 0.332 e. The zero-order valence-electron chi connectivity index (χ0n) is 14.4. The number of nitrogens with one attached hydrogen (secondary N) is 1. The van der Waals surface area contributed by atoms with Crippen LogP contribution in [0.4, 0.5) is 5.69 Å². The third-order valence-corrected chi connectivity index (χ3v) is 3.77. The van der Waals surface area contributed by atoms with E-state index in [2.05, 4.69) is 10.3 Å². The van der Waals surface area contributed by atoms with E-state index in [4.69, 9.17) is 4.74 Å². The molecule has 8 nitrogen and oxygen atoms in total. The van der Waals surface area contributed by atoms with Crippen molar-refractivity contribution in [1.29, 1.82) is 0 Å². The highest BCUT2D eigenvalue weighted by Crippen LogP contribution is 2.23. The summed E-state index contributed by atoms with van der Waals surface area (Å²) in [6, 6.07) is 0. The lowest BCUT2D eigenvalue weighted by Crippen LogP contribution is -2.38. The van der Waals surface area contributed by atoms with Gasteiger partial charge >= 0.3 is 5.69 Å². The van der Waals surface area contributed by atoms with Crippen molar-refractivity contribution >= 4 is 22.6 Å². The maximum atomic E-state index is 12.6. The number of pyridine rings is 1. The van der Waals surface area contributed by atoms with Crippen LogP contribution in [0.15, 0.2) is 15.8 Å². The first-order valence-electron chi connectivity index (χ1n) is 7.87. The molecule has 1 N–H and O–H groups in total. The summed E-state index contributed by atoms with van der Waals surface area (Å²) in [6.45, 7) is 4.11. The molecule has 0 spiro atoms. The zero-order chi connectivity index (χ0) is 17.9. The second kappa shape index (κ2) is 7.39. The summed E-state index contributed by atoms with van der Waals surface area (Å²) in [4.78, 5) is 41.0. The number of anilines is 1. The molecule has 2 aromatic heterocycles. The second-order valence-corrected chi connectivity index (χ2v) is 5.50. The highest BCUT2D eigenvalue weighted by molar-refractivity contribution is 6.01.